The minimum atomic E-state index is -0.0297. The predicted molar refractivity (Wildman–Crippen MR) is 113 cm³/mol. The van der Waals surface area contributed by atoms with Crippen molar-refractivity contribution in [1.82, 2.24) is 35.1 Å². The number of H-pyrrole nitrogens is 1. The first kappa shape index (κ1) is 20.2. The molecule has 2 N–H and O–H groups in total. The molecule has 1 atom stereocenters. The maximum absolute atomic E-state index is 12.9. The fourth-order valence-corrected chi connectivity index (χ4v) is 3.86. The Balaban J connectivity index is 1.33. The summed E-state index contributed by atoms with van der Waals surface area (Å²) >= 11 is 0. The molecular formula is C21H28N8O. The summed E-state index contributed by atoms with van der Waals surface area (Å²) in [5.74, 6) is 1.08. The molecule has 1 unspecified atom stereocenters. The van der Waals surface area contributed by atoms with Crippen LogP contribution in [0.1, 0.15) is 44.1 Å². The first-order valence-corrected chi connectivity index (χ1v) is 10.6. The van der Waals surface area contributed by atoms with Gasteiger partial charge in [-0.1, -0.05) is 19.4 Å². The second-order valence-electron chi connectivity index (χ2n) is 7.83. The minimum absolute atomic E-state index is 0.0297. The van der Waals surface area contributed by atoms with E-state index in [0.717, 1.165) is 74.6 Å². The molecule has 0 bridgehead atoms. The van der Waals surface area contributed by atoms with Gasteiger partial charge in [0.25, 0.3) is 0 Å². The molecule has 0 radical (unpaired) electrons. The number of piperidine rings is 1. The number of rotatable bonds is 8. The molecule has 30 heavy (non-hydrogen) atoms. The van der Waals surface area contributed by atoms with Gasteiger partial charge < -0.3 is 10.3 Å². The lowest BCUT2D eigenvalue weighted by Gasteiger charge is -2.31. The van der Waals surface area contributed by atoms with Crippen LogP contribution in [0.3, 0.4) is 0 Å². The molecule has 1 aliphatic rings. The lowest BCUT2D eigenvalue weighted by molar-refractivity contribution is -0.121. The van der Waals surface area contributed by atoms with Crippen molar-refractivity contribution in [3.63, 3.8) is 0 Å². The highest BCUT2D eigenvalue weighted by atomic mass is 16.1. The summed E-state index contributed by atoms with van der Waals surface area (Å²) < 4.78 is 1.57. The summed E-state index contributed by atoms with van der Waals surface area (Å²) in [6.07, 6.45) is 8.68. The normalized spacial score (nSPS) is 17.2. The maximum atomic E-state index is 12.9. The van der Waals surface area contributed by atoms with Crippen molar-refractivity contribution in [3.05, 3.63) is 48.3 Å². The molecule has 158 valence electrons. The van der Waals surface area contributed by atoms with Gasteiger partial charge in [-0.3, -0.25) is 9.69 Å². The van der Waals surface area contributed by atoms with Crippen LogP contribution < -0.4 is 5.32 Å². The van der Waals surface area contributed by atoms with E-state index in [9.17, 15) is 4.79 Å². The number of hydrogen-bond acceptors (Lipinski definition) is 6. The van der Waals surface area contributed by atoms with Crippen molar-refractivity contribution in [1.29, 1.82) is 0 Å². The van der Waals surface area contributed by atoms with E-state index >= 15 is 0 Å². The van der Waals surface area contributed by atoms with Crippen LogP contribution in [0.5, 0.6) is 0 Å². The van der Waals surface area contributed by atoms with E-state index in [1.54, 1.807) is 4.68 Å². The van der Waals surface area contributed by atoms with E-state index in [1.165, 1.54) is 6.33 Å². The molecule has 9 nitrogen and oxygen atoms in total. The van der Waals surface area contributed by atoms with Crippen LogP contribution in [-0.2, 0) is 17.8 Å². The fourth-order valence-electron chi connectivity index (χ4n) is 3.86. The van der Waals surface area contributed by atoms with Crippen LogP contribution in [0, 0.1) is 5.92 Å². The van der Waals surface area contributed by atoms with E-state index in [2.05, 4.69) is 42.6 Å². The second-order valence-corrected chi connectivity index (χ2v) is 7.83. The molecule has 2 aromatic heterocycles. The number of imidazole rings is 1. The quantitative estimate of drug-likeness (QED) is 0.594. The van der Waals surface area contributed by atoms with E-state index < -0.39 is 0 Å². The van der Waals surface area contributed by atoms with Crippen LogP contribution in [0.25, 0.3) is 5.69 Å². The Kier molecular flexibility index (Phi) is 6.48. The molecule has 1 aliphatic heterocycles. The number of aromatic nitrogens is 6. The lowest BCUT2D eigenvalue weighted by atomic mass is 9.97. The van der Waals surface area contributed by atoms with Crippen LogP contribution in [0.4, 0.5) is 5.69 Å². The molecule has 1 fully saturated rings. The molecule has 0 saturated carbocycles. The number of unbranched alkanes of at least 4 members (excludes halogenated alkanes) is 1. The van der Waals surface area contributed by atoms with Gasteiger partial charge in [0, 0.05) is 37.1 Å². The minimum Gasteiger partial charge on any atom is -0.345 e. The van der Waals surface area contributed by atoms with Gasteiger partial charge in [-0.2, -0.15) is 0 Å². The third-order valence-electron chi connectivity index (χ3n) is 5.45. The van der Waals surface area contributed by atoms with E-state index in [0.29, 0.717) is 0 Å². The molecular weight excluding hydrogens is 380 g/mol. The molecule has 9 heteroatoms. The molecule has 0 aliphatic carbocycles. The average Bonchev–Trinajstić information content (AvgIpc) is 3.45. The zero-order chi connectivity index (χ0) is 20.8. The lowest BCUT2D eigenvalue weighted by Crippen LogP contribution is -2.40. The second kappa shape index (κ2) is 9.62. The number of amides is 1. The Bertz CT molecular complexity index is 952. The Morgan fingerprint density at radius 3 is 3.13 bits per heavy atom. The van der Waals surface area contributed by atoms with E-state index in [4.69, 9.17) is 0 Å². The van der Waals surface area contributed by atoms with Gasteiger partial charge in [0.15, 0.2) is 0 Å². The molecule has 3 heterocycles. The Morgan fingerprint density at radius 2 is 2.30 bits per heavy atom. The van der Waals surface area contributed by atoms with Crippen molar-refractivity contribution in [2.45, 2.75) is 45.6 Å². The summed E-state index contributed by atoms with van der Waals surface area (Å²) in [7, 11) is 0. The Labute approximate surface area is 175 Å². The monoisotopic (exact) mass is 408 g/mol. The van der Waals surface area contributed by atoms with Crippen molar-refractivity contribution in [2.75, 3.05) is 18.4 Å². The first-order chi connectivity index (χ1) is 14.7. The van der Waals surface area contributed by atoms with E-state index in [1.807, 2.05) is 30.5 Å². The van der Waals surface area contributed by atoms with Crippen molar-refractivity contribution < 1.29 is 4.79 Å². The van der Waals surface area contributed by atoms with Gasteiger partial charge in [-0.05, 0) is 54.4 Å². The summed E-state index contributed by atoms with van der Waals surface area (Å²) in [6.45, 7) is 4.74. The highest BCUT2D eigenvalue weighted by Gasteiger charge is 2.26. The van der Waals surface area contributed by atoms with Gasteiger partial charge >= 0.3 is 0 Å². The molecule has 3 aromatic rings. The van der Waals surface area contributed by atoms with Gasteiger partial charge in [-0.25, -0.2) is 9.67 Å². The van der Waals surface area contributed by atoms with Gasteiger partial charge in [0.05, 0.1) is 11.6 Å². The Hall–Kier alpha value is -3.07. The number of benzene rings is 1. The van der Waals surface area contributed by atoms with Crippen LogP contribution >= 0.6 is 0 Å². The molecule has 1 saturated heterocycles. The van der Waals surface area contributed by atoms with Gasteiger partial charge in [-0.15, -0.1) is 5.10 Å². The number of likely N-dealkylation sites (tertiary alicyclic amines) is 1. The first-order valence-electron chi connectivity index (χ1n) is 10.6. The average molecular weight is 409 g/mol. The number of aromatic amines is 1. The number of hydrogen-bond donors (Lipinski definition) is 2. The van der Waals surface area contributed by atoms with Crippen molar-refractivity contribution in [3.8, 4) is 5.69 Å². The van der Waals surface area contributed by atoms with Gasteiger partial charge in [0.1, 0.15) is 12.2 Å². The standard InChI is InChI=1S/C21H28N8O/c1-2-3-9-20-22-12-18(24-20)14-28-10-5-6-16(13-28)21(30)25-17-7-4-8-19(11-17)29-15-23-26-27-29/h4,7-8,11-12,15-16H,2-3,5-6,9-10,13-14H2,1H3,(H,22,24)(H,25,30). The number of anilines is 1. The van der Waals surface area contributed by atoms with Crippen LogP contribution in [0.15, 0.2) is 36.8 Å². The molecule has 4 rings (SSSR count). The molecule has 0 spiro atoms. The van der Waals surface area contributed by atoms with Crippen molar-refractivity contribution in [2.24, 2.45) is 5.92 Å². The molecule has 1 aromatic carbocycles. The number of tetrazole rings is 1. The highest BCUT2D eigenvalue weighted by Crippen LogP contribution is 2.21. The molecule has 1 amide bonds. The van der Waals surface area contributed by atoms with Crippen LogP contribution in [-0.4, -0.2) is 54.1 Å². The summed E-state index contributed by atoms with van der Waals surface area (Å²) in [5.41, 5.74) is 2.68. The number of nitrogens with one attached hydrogen (secondary N) is 2. The third kappa shape index (κ3) is 5.10. The topological polar surface area (TPSA) is 105 Å². The number of carbonyl (C=O) groups is 1. The third-order valence-corrected chi connectivity index (χ3v) is 5.45. The number of carbonyl (C=O) groups excluding carboxylic acids is 1. The largest absolute Gasteiger partial charge is 0.345 e. The summed E-state index contributed by atoms with van der Waals surface area (Å²) in [4.78, 5) is 23.1. The SMILES string of the molecule is CCCCc1ncc(CN2CCCC(C(=O)Nc3cccc(-n4cnnn4)c3)C2)[nH]1. The maximum Gasteiger partial charge on any atom is 0.228 e. The zero-order valence-corrected chi connectivity index (χ0v) is 17.3. The highest BCUT2D eigenvalue weighted by molar-refractivity contribution is 5.93. The fraction of sp³-hybridized carbons (Fsp3) is 0.476. The Morgan fingerprint density at radius 1 is 1.37 bits per heavy atom. The van der Waals surface area contributed by atoms with Crippen molar-refractivity contribution >= 4 is 11.6 Å². The summed E-state index contributed by atoms with van der Waals surface area (Å²) in [6, 6.07) is 7.54. The van der Waals surface area contributed by atoms with Crippen LogP contribution in [0.2, 0.25) is 0 Å². The number of nitrogens with zero attached hydrogens (tertiary/aromatic N) is 6. The zero-order valence-electron chi connectivity index (χ0n) is 17.3. The van der Waals surface area contributed by atoms with E-state index in [-0.39, 0.29) is 11.8 Å². The smallest absolute Gasteiger partial charge is 0.228 e. The number of aryl methyl sites for hydroxylation is 1. The predicted octanol–water partition coefficient (Wildman–Crippen LogP) is 2.58. The van der Waals surface area contributed by atoms with Gasteiger partial charge in [0.2, 0.25) is 5.91 Å². The summed E-state index contributed by atoms with van der Waals surface area (Å²) in [5, 5.41) is 14.3.